The summed E-state index contributed by atoms with van der Waals surface area (Å²) in [5, 5.41) is 9.32. The summed E-state index contributed by atoms with van der Waals surface area (Å²) in [5.74, 6) is 1.49. The van der Waals surface area contributed by atoms with Crippen molar-refractivity contribution in [1.82, 2.24) is 0 Å². The molecule has 0 aliphatic carbocycles. The Labute approximate surface area is 83.1 Å². The van der Waals surface area contributed by atoms with E-state index >= 15 is 0 Å². The van der Waals surface area contributed by atoms with Gasteiger partial charge < -0.3 is 0 Å². The lowest BCUT2D eigenvalue weighted by Crippen LogP contribution is -2.33. The lowest BCUT2D eigenvalue weighted by Gasteiger charge is -2.36. The highest BCUT2D eigenvalue weighted by molar-refractivity contribution is 5.03. The average Bonchev–Trinajstić information content (AvgIpc) is 1.98. The molecule has 0 aliphatic rings. The number of hydrogen-bond donors (Lipinski definition) is 0. The van der Waals surface area contributed by atoms with Crippen LogP contribution in [0.3, 0.4) is 0 Å². The van der Waals surface area contributed by atoms with Gasteiger partial charge in [-0.05, 0) is 24.2 Å². The molecule has 13 heavy (non-hydrogen) atoms. The van der Waals surface area contributed by atoms with E-state index < -0.39 is 0 Å². The van der Waals surface area contributed by atoms with Gasteiger partial charge in [-0.25, -0.2) is 0 Å². The van der Waals surface area contributed by atoms with Crippen LogP contribution in [0.5, 0.6) is 0 Å². The van der Waals surface area contributed by atoms with Crippen molar-refractivity contribution in [3.8, 4) is 6.07 Å². The molecule has 0 saturated heterocycles. The van der Waals surface area contributed by atoms with Gasteiger partial charge >= 0.3 is 0 Å². The second-order valence-electron chi connectivity index (χ2n) is 5.06. The van der Waals surface area contributed by atoms with Crippen molar-refractivity contribution in [3.63, 3.8) is 0 Å². The van der Waals surface area contributed by atoms with Crippen LogP contribution in [-0.4, -0.2) is 0 Å². The highest BCUT2D eigenvalue weighted by Crippen LogP contribution is 2.40. The van der Waals surface area contributed by atoms with E-state index in [-0.39, 0.29) is 5.41 Å². The number of rotatable bonds is 4. The molecule has 76 valence electrons. The van der Waals surface area contributed by atoms with Crippen LogP contribution in [0.15, 0.2) is 0 Å². The predicted octanol–water partition coefficient (Wildman–Crippen LogP) is 3.85. The number of hydrogen-bond acceptors (Lipinski definition) is 1. The third-order valence-electron chi connectivity index (χ3n) is 3.01. The molecule has 0 unspecified atom stereocenters. The molecule has 0 aromatic carbocycles. The van der Waals surface area contributed by atoms with Crippen molar-refractivity contribution in [2.75, 3.05) is 0 Å². The normalized spacial score (nSPS) is 12.6. The fourth-order valence-electron chi connectivity index (χ4n) is 2.12. The summed E-state index contributed by atoms with van der Waals surface area (Å²) in [6.45, 7) is 13.0. The van der Waals surface area contributed by atoms with Crippen molar-refractivity contribution in [2.45, 2.75) is 48.0 Å². The van der Waals surface area contributed by atoms with E-state index in [1.807, 2.05) is 0 Å². The summed E-state index contributed by atoms with van der Waals surface area (Å²) in [6.07, 6.45) is 1.01. The molecule has 1 nitrogen and oxygen atoms in total. The van der Waals surface area contributed by atoms with Crippen LogP contribution < -0.4 is 0 Å². The van der Waals surface area contributed by atoms with Crippen LogP contribution in [0, 0.1) is 34.5 Å². The zero-order chi connectivity index (χ0) is 10.6. The Morgan fingerprint density at radius 3 is 1.46 bits per heavy atom. The van der Waals surface area contributed by atoms with Crippen LogP contribution >= 0.6 is 0 Å². The van der Waals surface area contributed by atoms with E-state index in [9.17, 15) is 5.26 Å². The molecule has 0 atom stereocenters. The summed E-state index contributed by atoms with van der Waals surface area (Å²) in [5.41, 5.74) is -0.131. The Bertz CT molecular complexity index is 176. The molecule has 0 bridgehead atoms. The van der Waals surface area contributed by atoms with E-state index in [2.05, 4.69) is 47.6 Å². The van der Waals surface area contributed by atoms with Crippen LogP contribution in [0.4, 0.5) is 0 Å². The third kappa shape index (κ3) is 2.72. The predicted molar refractivity (Wildman–Crippen MR) is 57.2 cm³/mol. The minimum atomic E-state index is -0.131. The maximum Gasteiger partial charge on any atom is 0.0695 e. The van der Waals surface area contributed by atoms with Crippen molar-refractivity contribution >= 4 is 0 Å². The first-order chi connectivity index (χ1) is 5.86. The SMILES string of the molecule is CC(C)CC(C#N)(C(C)C)C(C)C. The Balaban J connectivity index is 4.80. The maximum atomic E-state index is 9.32. The van der Waals surface area contributed by atoms with Gasteiger partial charge in [0.1, 0.15) is 0 Å². The summed E-state index contributed by atoms with van der Waals surface area (Å²) >= 11 is 0. The van der Waals surface area contributed by atoms with E-state index in [4.69, 9.17) is 0 Å². The third-order valence-corrected chi connectivity index (χ3v) is 3.01. The summed E-state index contributed by atoms with van der Waals surface area (Å²) < 4.78 is 0. The number of nitriles is 1. The summed E-state index contributed by atoms with van der Waals surface area (Å²) in [6, 6.07) is 2.55. The molecule has 0 aromatic heterocycles. The van der Waals surface area contributed by atoms with Crippen LogP contribution in [0.25, 0.3) is 0 Å². The van der Waals surface area contributed by atoms with Crippen molar-refractivity contribution in [3.05, 3.63) is 0 Å². The largest absolute Gasteiger partial charge is 0.198 e. The molecule has 0 spiro atoms. The van der Waals surface area contributed by atoms with Crippen molar-refractivity contribution in [2.24, 2.45) is 23.2 Å². The molecule has 0 amide bonds. The second-order valence-corrected chi connectivity index (χ2v) is 5.06. The van der Waals surface area contributed by atoms with Gasteiger partial charge in [-0.15, -0.1) is 0 Å². The average molecular weight is 181 g/mol. The molecule has 0 aliphatic heterocycles. The second kappa shape index (κ2) is 4.65. The van der Waals surface area contributed by atoms with Gasteiger partial charge in [-0.3, -0.25) is 0 Å². The van der Waals surface area contributed by atoms with Gasteiger partial charge in [0, 0.05) is 0 Å². The topological polar surface area (TPSA) is 23.8 Å². The lowest BCUT2D eigenvalue weighted by atomic mass is 9.66. The fourth-order valence-corrected chi connectivity index (χ4v) is 2.12. The molecule has 1 heteroatoms. The Hall–Kier alpha value is -0.510. The Morgan fingerprint density at radius 1 is 1.00 bits per heavy atom. The fraction of sp³-hybridized carbons (Fsp3) is 0.917. The Morgan fingerprint density at radius 2 is 1.38 bits per heavy atom. The van der Waals surface area contributed by atoms with Gasteiger partial charge in [0.05, 0.1) is 11.5 Å². The van der Waals surface area contributed by atoms with E-state index in [1.165, 1.54) is 0 Å². The standard InChI is InChI=1S/C12H23N/c1-9(2)7-12(8-13,10(3)4)11(5)6/h9-11H,7H2,1-6H3. The smallest absolute Gasteiger partial charge is 0.0695 e. The molecular formula is C12H23N. The van der Waals surface area contributed by atoms with E-state index in [0.29, 0.717) is 17.8 Å². The quantitative estimate of drug-likeness (QED) is 0.646. The van der Waals surface area contributed by atoms with E-state index in [1.54, 1.807) is 0 Å². The molecule has 0 N–H and O–H groups in total. The van der Waals surface area contributed by atoms with Gasteiger partial charge in [-0.1, -0.05) is 41.5 Å². The van der Waals surface area contributed by atoms with Crippen LogP contribution in [-0.2, 0) is 0 Å². The summed E-state index contributed by atoms with van der Waals surface area (Å²) in [7, 11) is 0. The maximum absolute atomic E-state index is 9.32. The molecule has 0 saturated carbocycles. The van der Waals surface area contributed by atoms with Gasteiger partial charge in [-0.2, -0.15) is 5.26 Å². The first kappa shape index (κ1) is 12.5. The van der Waals surface area contributed by atoms with Crippen LogP contribution in [0.2, 0.25) is 0 Å². The first-order valence-electron chi connectivity index (χ1n) is 5.28. The highest BCUT2D eigenvalue weighted by Gasteiger charge is 2.37. The number of nitrogens with zero attached hydrogens (tertiary/aromatic N) is 1. The zero-order valence-electron chi connectivity index (χ0n) is 9.89. The molecule has 0 aromatic rings. The molecule has 0 radical (unpaired) electrons. The van der Waals surface area contributed by atoms with Gasteiger partial charge in [0.25, 0.3) is 0 Å². The highest BCUT2D eigenvalue weighted by atomic mass is 14.4. The van der Waals surface area contributed by atoms with E-state index in [0.717, 1.165) is 6.42 Å². The van der Waals surface area contributed by atoms with Gasteiger partial charge in [0.2, 0.25) is 0 Å². The first-order valence-corrected chi connectivity index (χ1v) is 5.28. The minimum absolute atomic E-state index is 0.131. The van der Waals surface area contributed by atoms with Crippen molar-refractivity contribution < 1.29 is 0 Å². The molecule has 0 heterocycles. The van der Waals surface area contributed by atoms with Crippen molar-refractivity contribution in [1.29, 1.82) is 5.26 Å². The molecular weight excluding hydrogens is 158 g/mol. The molecule has 0 fully saturated rings. The minimum Gasteiger partial charge on any atom is -0.198 e. The Kier molecular flexibility index (Phi) is 4.47. The monoisotopic (exact) mass is 181 g/mol. The van der Waals surface area contributed by atoms with Gasteiger partial charge in [0.15, 0.2) is 0 Å². The lowest BCUT2D eigenvalue weighted by molar-refractivity contribution is 0.151. The molecule has 0 rings (SSSR count). The zero-order valence-corrected chi connectivity index (χ0v) is 9.89. The summed E-state index contributed by atoms with van der Waals surface area (Å²) in [4.78, 5) is 0. The van der Waals surface area contributed by atoms with Crippen LogP contribution in [0.1, 0.15) is 48.0 Å².